The van der Waals surface area contributed by atoms with Crippen LogP contribution < -0.4 is 5.32 Å². The molecule has 4 nitrogen and oxygen atoms in total. The van der Waals surface area contributed by atoms with E-state index in [4.69, 9.17) is 4.74 Å². The monoisotopic (exact) mass is 263 g/mol. The second-order valence-electron chi connectivity index (χ2n) is 5.02. The fourth-order valence-corrected chi connectivity index (χ4v) is 2.23. The molecule has 0 aliphatic carbocycles. The van der Waals surface area contributed by atoms with Gasteiger partial charge in [0.25, 0.3) is 0 Å². The van der Waals surface area contributed by atoms with Gasteiger partial charge in [-0.25, -0.2) is 0 Å². The minimum Gasteiger partial charge on any atom is -0.389 e. The van der Waals surface area contributed by atoms with Gasteiger partial charge in [0.1, 0.15) is 0 Å². The molecular formula is C15H21NO3. The summed E-state index contributed by atoms with van der Waals surface area (Å²) < 4.78 is 5.49. The van der Waals surface area contributed by atoms with Crippen molar-refractivity contribution in [2.45, 2.75) is 44.8 Å². The molecule has 1 heterocycles. The molecule has 2 unspecified atom stereocenters. The fraction of sp³-hybridized carbons (Fsp3) is 0.533. The topological polar surface area (TPSA) is 58.6 Å². The predicted molar refractivity (Wildman–Crippen MR) is 73.9 cm³/mol. The van der Waals surface area contributed by atoms with Crippen molar-refractivity contribution in [2.75, 3.05) is 11.9 Å². The van der Waals surface area contributed by atoms with Crippen molar-refractivity contribution in [3.63, 3.8) is 0 Å². The molecule has 1 amide bonds. The zero-order chi connectivity index (χ0) is 13.7. The number of benzene rings is 1. The third-order valence-electron chi connectivity index (χ3n) is 3.39. The van der Waals surface area contributed by atoms with E-state index < -0.39 is 6.10 Å². The zero-order valence-corrected chi connectivity index (χ0v) is 11.3. The van der Waals surface area contributed by atoms with E-state index in [-0.39, 0.29) is 12.0 Å². The number of hydrogen-bond donors (Lipinski definition) is 2. The molecule has 0 aromatic heterocycles. The Morgan fingerprint density at radius 1 is 1.47 bits per heavy atom. The molecule has 4 heteroatoms. The normalized spacial score (nSPS) is 20.2. The van der Waals surface area contributed by atoms with Crippen LogP contribution in [-0.4, -0.2) is 23.7 Å². The van der Waals surface area contributed by atoms with Crippen molar-refractivity contribution in [2.24, 2.45) is 0 Å². The molecule has 1 aromatic carbocycles. The van der Waals surface area contributed by atoms with Crippen LogP contribution in [0, 0.1) is 0 Å². The van der Waals surface area contributed by atoms with Gasteiger partial charge in [-0.05, 0) is 43.9 Å². The lowest BCUT2D eigenvalue weighted by molar-refractivity contribution is -0.116. The van der Waals surface area contributed by atoms with Crippen LogP contribution in [0.25, 0.3) is 0 Å². The summed E-state index contributed by atoms with van der Waals surface area (Å²) >= 11 is 0. The number of aliphatic hydroxyl groups excluding tert-OH is 1. The fourth-order valence-electron chi connectivity index (χ4n) is 2.23. The van der Waals surface area contributed by atoms with Crippen molar-refractivity contribution in [1.82, 2.24) is 0 Å². The van der Waals surface area contributed by atoms with Crippen LogP contribution in [0.2, 0.25) is 0 Å². The molecule has 2 atom stereocenters. The Morgan fingerprint density at radius 3 is 2.79 bits per heavy atom. The van der Waals surface area contributed by atoms with Gasteiger partial charge in [0.15, 0.2) is 0 Å². The first-order valence-corrected chi connectivity index (χ1v) is 6.84. The van der Waals surface area contributed by atoms with E-state index in [0.29, 0.717) is 6.42 Å². The average Bonchev–Trinajstić information content (AvgIpc) is 2.90. The van der Waals surface area contributed by atoms with E-state index >= 15 is 0 Å². The van der Waals surface area contributed by atoms with E-state index in [0.717, 1.165) is 37.1 Å². The number of hydrogen-bond acceptors (Lipinski definition) is 3. The molecule has 19 heavy (non-hydrogen) atoms. The lowest BCUT2D eigenvalue weighted by atomic mass is 10.1. The zero-order valence-electron chi connectivity index (χ0n) is 11.3. The summed E-state index contributed by atoms with van der Waals surface area (Å²) in [7, 11) is 0. The Kier molecular flexibility index (Phi) is 4.93. The van der Waals surface area contributed by atoms with Gasteiger partial charge in [-0.3, -0.25) is 4.79 Å². The van der Waals surface area contributed by atoms with Gasteiger partial charge in [0.05, 0.1) is 12.2 Å². The SMILES string of the molecule is CC(O)c1ccc(NC(=O)CCC2CCCO2)cc1. The van der Waals surface area contributed by atoms with Crippen LogP contribution in [0.3, 0.4) is 0 Å². The number of ether oxygens (including phenoxy) is 1. The first kappa shape index (κ1) is 14.0. The first-order chi connectivity index (χ1) is 9.15. The molecule has 2 N–H and O–H groups in total. The van der Waals surface area contributed by atoms with E-state index in [1.807, 2.05) is 24.3 Å². The Balaban J connectivity index is 1.77. The minimum absolute atomic E-state index is 0.0142. The number of carbonyl (C=O) groups excluding carboxylic acids is 1. The second kappa shape index (κ2) is 6.68. The molecule has 1 saturated heterocycles. The van der Waals surface area contributed by atoms with Gasteiger partial charge in [0.2, 0.25) is 5.91 Å². The lowest BCUT2D eigenvalue weighted by Crippen LogP contribution is -2.15. The van der Waals surface area contributed by atoms with Crippen molar-refractivity contribution in [3.8, 4) is 0 Å². The number of carbonyl (C=O) groups is 1. The van der Waals surface area contributed by atoms with Gasteiger partial charge in [0, 0.05) is 18.7 Å². The highest BCUT2D eigenvalue weighted by Crippen LogP contribution is 2.18. The maximum atomic E-state index is 11.8. The lowest BCUT2D eigenvalue weighted by Gasteiger charge is -2.10. The van der Waals surface area contributed by atoms with Crippen LogP contribution in [0.15, 0.2) is 24.3 Å². The van der Waals surface area contributed by atoms with Crippen molar-refractivity contribution in [1.29, 1.82) is 0 Å². The van der Waals surface area contributed by atoms with Crippen LogP contribution in [-0.2, 0) is 9.53 Å². The molecule has 1 aliphatic heterocycles. The molecular weight excluding hydrogens is 242 g/mol. The number of aliphatic hydroxyl groups is 1. The standard InChI is InChI=1S/C15H21NO3/c1-11(17)12-4-6-13(7-5-12)16-15(18)9-8-14-3-2-10-19-14/h4-7,11,14,17H,2-3,8-10H2,1H3,(H,16,18). The van der Waals surface area contributed by atoms with Crippen molar-refractivity contribution < 1.29 is 14.6 Å². The summed E-state index contributed by atoms with van der Waals surface area (Å²) in [6.07, 6.45) is 3.22. The third-order valence-corrected chi connectivity index (χ3v) is 3.39. The van der Waals surface area contributed by atoms with E-state index in [1.54, 1.807) is 6.92 Å². The summed E-state index contributed by atoms with van der Waals surface area (Å²) in [5, 5.41) is 12.3. The Labute approximate surface area is 113 Å². The molecule has 0 radical (unpaired) electrons. The van der Waals surface area contributed by atoms with E-state index in [1.165, 1.54) is 0 Å². The van der Waals surface area contributed by atoms with Gasteiger partial charge in [-0.2, -0.15) is 0 Å². The van der Waals surface area contributed by atoms with Gasteiger partial charge in [-0.15, -0.1) is 0 Å². The molecule has 1 fully saturated rings. The molecule has 0 saturated carbocycles. The summed E-state index contributed by atoms with van der Waals surface area (Å²) in [5.41, 5.74) is 1.61. The summed E-state index contributed by atoms with van der Waals surface area (Å²) in [6, 6.07) is 7.26. The highest BCUT2D eigenvalue weighted by molar-refractivity contribution is 5.90. The van der Waals surface area contributed by atoms with E-state index in [2.05, 4.69) is 5.32 Å². The Morgan fingerprint density at radius 2 is 2.21 bits per heavy atom. The van der Waals surface area contributed by atoms with Gasteiger partial charge < -0.3 is 15.2 Å². The highest BCUT2D eigenvalue weighted by Gasteiger charge is 2.16. The van der Waals surface area contributed by atoms with Crippen molar-refractivity contribution in [3.05, 3.63) is 29.8 Å². The third kappa shape index (κ3) is 4.33. The summed E-state index contributed by atoms with van der Waals surface area (Å²) in [4.78, 5) is 11.8. The maximum Gasteiger partial charge on any atom is 0.224 e. The first-order valence-electron chi connectivity index (χ1n) is 6.84. The number of amides is 1. The van der Waals surface area contributed by atoms with Crippen LogP contribution in [0.4, 0.5) is 5.69 Å². The quantitative estimate of drug-likeness (QED) is 0.858. The highest BCUT2D eigenvalue weighted by atomic mass is 16.5. The molecule has 104 valence electrons. The van der Waals surface area contributed by atoms with Gasteiger partial charge >= 0.3 is 0 Å². The largest absolute Gasteiger partial charge is 0.389 e. The molecule has 0 spiro atoms. The summed E-state index contributed by atoms with van der Waals surface area (Å²) in [6.45, 7) is 2.54. The Bertz CT molecular complexity index is 408. The Hall–Kier alpha value is -1.39. The number of anilines is 1. The van der Waals surface area contributed by atoms with Crippen LogP contribution >= 0.6 is 0 Å². The predicted octanol–water partition coefficient (Wildman–Crippen LogP) is 2.64. The maximum absolute atomic E-state index is 11.8. The van der Waals surface area contributed by atoms with Crippen LogP contribution in [0.5, 0.6) is 0 Å². The average molecular weight is 263 g/mol. The molecule has 0 bridgehead atoms. The second-order valence-corrected chi connectivity index (χ2v) is 5.02. The molecule has 2 rings (SSSR count). The number of nitrogens with one attached hydrogen (secondary N) is 1. The molecule has 1 aromatic rings. The summed E-state index contributed by atoms with van der Waals surface area (Å²) in [5.74, 6) is 0.0142. The number of rotatable bonds is 5. The van der Waals surface area contributed by atoms with Crippen LogP contribution in [0.1, 0.15) is 44.3 Å². The van der Waals surface area contributed by atoms with Crippen molar-refractivity contribution >= 4 is 11.6 Å². The van der Waals surface area contributed by atoms with E-state index in [9.17, 15) is 9.90 Å². The van der Waals surface area contributed by atoms with Gasteiger partial charge in [-0.1, -0.05) is 12.1 Å². The minimum atomic E-state index is -0.482. The molecule has 1 aliphatic rings. The smallest absolute Gasteiger partial charge is 0.224 e.